The molecule has 1 unspecified atom stereocenters. The SMILES string of the molecule is CN1C(C)(C)C(=O)OB(C(C#CCOC2CCCCC2)NS(=O)(=O)c2ccc([N+](=O)[O-])cc2)OC(=O)C1(C)C. The van der Waals surface area contributed by atoms with Crippen molar-refractivity contribution < 1.29 is 37.0 Å². The van der Waals surface area contributed by atoms with E-state index in [4.69, 9.17) is 14.0 Å². The first kappa shape index (κ1) is 30.6. The normalized spacial score (nSPS) is 21.0. The van der Waals surface area contributed by atoms with Gasteiger partial charge in [0.25, 0.3) is 5.69 Å². The Hall–Kier alpha value is -2.99. The van der Waals surface area contributed by atoms with E-state index in [-0.39, 0.29) is 23.3 Å². The van der Waals surface area contributed by atoms with Crippen LogP contribution in [-0.4, -0.2) is 74.1 Å². The van der Waals surface area contributed by atoms with E-state index in [2.05, 4.69) is 16.6 Å². The van der Waals surface area contributed by atoms with Crippen molar-refractivity contribution in [1.29, 1.82) is 0 Å². The average molecular weight is 563 g/mol. The van der Waals surface area contributed by atoms with Crippen LogP contribution in [0.1, 0.15) is 59.8 Å². The van der Waals surface area contributed by atoms with E-state index >= 15 is 0 Å². The van der Waals surface area contributed by atoms with Crippen LogP contribution in [0.2, 0.25) is 0 Å². The minimum absolute atomic E-state index is 0.00520. The molecule has 2 aliphatic rings. The monoisotopic (exact) mass is 563 g/mol. The van der Waals surface area contributed by atoms with Gasteiger partial charge in [-0.1, -0.05) is 31.1 Å². The van der Waals surface area contributed by atoms with Crippen LogP contribution in [0.5, 0.6) is 0 Å². The van der Waals surface area contributed by atoms with E-state index in [9.17, 15) is 28.1 Å². The summed E-state index contributed by atoms with van der Waals surface area (Å²) in [6.45, 7) is 6.30. The zero-order valence-electron chi connectivity index (χ0n) is 22.8. The van der Waals surface area contributed by atoms with Crippen LogP contribution in [-0.2, 0) is 33.7 Å². The van der Waals surface area contributed by atoms with E-state index in [0.717, 1.165) is 56.4 Å². The summed E-state index contributed by atoms with van der Waals surface area (Å²) >= 11 is 0. The van der Waals surface area contributed by atoms with E-state index in [1.54, 1.807) is 34.7 Å². The molecule has 1 heterocycles. The number of hydrogen-bond donors (Lipinski definition) is 1. The van der Waals surface area contributed by atoms with Crippen LogP contribution >= 0.6 is 0 Å². The lowest BCUT2D eigenvalue weighted by Gasteiger charge is -2.45. The Morgan fingerprint density at radius 3 is 2.15 bits per heavy atom. The highest BCUT2D eigenvalue weighted by molar-refractivity contribution is 7.89. The van der Waals surface area contributed by atoms with Crippen LogP contribution in [0.25, 0.3) is 0 Å². The van der Waals surface area contributed by atoms with Gasteiger partial charge in [-0.15, -0.1) is 0 Å². The van der Waals surface area contributed by atoms with Crippen molar-refractivity contribution in [2.75, 3.05) is 13.7 Å². The number of nitrogens with one attached hydrogen (secondary N) is 1. The lowest BCUT2D eigenvalue weighted by molar-refractivity contribution is -0.384. The minimum Gasteiger partial charge on any atom is -0.496 e. The lowest BCUT2D eigenvalue weighted by Crippen LogP contribution is -2.66. The maximum absolute atomic E-state index is 13.2. The van der Waals surface area contributed by atoms with Crippen molar-refractivity contribution in [3.8, 4) is 11.8 Å². The number of hydrogen-bond acceptors (Lipinski definition) is 10. The molecule has 1 atom stereocenters. The number of ether oxygens (including phenoxy) is 1. The predicted octanol–water partition coefficient (Wildman–Crippen LogP) is 2.21. The van der Waals surface area contributed by atoms with Crippen molar-refractivity contribution in [3.05, 3.63) is 34.4 Å². The summed E-state index contributed by atoms with van der Waals surface area (Å²) < 4.78 is 45.5. The first-order valence-electron chi connectivity index (χ1n) is 12.7. The Morgan fingerprint density at radius 1 is 1.10 bits per heavy atom. The van der Waals surface area contributed by atoms with Gasteiger partial charge in [-0.2, -0.15) is 4.72 Å². The third-order valence-corrected chi connectivity index (χ3v) is 8.69. The number of rotatable bonds is 7. The molecule has 1 saturated heterocycles. The second kappa shape index (κ2) is 12.0. The summed E-state index contributed by atoms with van der Waals surface area (Å²) in [4.78, 5) is 37.8. The molecule has 0 aromatic heterocycles. The molecule has 2 fully saturated rings. The summed E-state index contributed by atoms with van der Waals surface area (Å²) in [5.74, 6) is 2.46. The fraction of sp³-hybridized carbons (Fsp3) is 0.600. The molecule has 39 heavy (non-hydrogen) atoms. The molecule has 0 bridgehead atoms. The average Bonchev–Trinajstić information content (AvgIpc) is 2.89. The summed E-state index contributed by atoms with van der Waals surface area (Å²) in [6, 6.07) is 4.22. The predicted molar refractivity (Wildman–Crippen MR) is 142 cm³/mol. The summed E-state index contributed by atoms with van der Waals surface area (Å²) in [7, 11) is -4.47. The number of likely N-dealkylation sites (N-methyl/N-ethyl adjacent to an activating group) is 1. The van der Waals surface area contributed by atoms with Gasteiger partial charge < -0.3 is 14.0 Å². The highest BCUT2D eigenvalue weighted by atomic mass is 32.2. The van der Waals surface area contributed by atoms with Crippen LogP contribution in [0, 0.1) is 22.0 Å². The molecule has 0 amide bonds. The molecule has 1 saturated carbocycles. The van der Waals surface area contributed by atoms with Crippen LogP contribution < -0.4 is 4.72 Å². The van der Waals surface area contributed by atoms with Crippen molar-refractivity contribution in [2.45, 2.75) is 87.8 Å². The Bertz CT molecular complexity index is 1220. The van der Waals surface area contributed by atoms with Gasteiger partial charge in [0.15, 0.2) is 0 Å². The number of sulfonamides is 1. The Balaban J connectivity index is 1.92. The molecular formula is C25H34BN3O9S. The fourth-order valence-electron chi connectivity index (χ4n) is 4.31. The second-order valence-corrected chi connectivity index (χ2v) is 12.3. The third kappa shape index (κ3) is 7.16. The zero-order valence-corrected chi connectivity index (χ0v) is 23.6. The number of benzene rings is 1. The molecule has 14 heteroatoms. The second-order valence-electron chi connectivity index (χ2n) is 10.6. The Morgan fingerprint density at radius 2 is 1.64 bits per heavy atom. The van der Waals surface area contributed by atoms with Crippen LogP contribution in [0.3, 0.4) is 0 Å². The first-order valence-corrected chi connectivity index (χ1v) is 14.2. The molecule has 1 aromatic carbocycles. The topological polar surface area (TPSA) is 154 Å². The van der Waals surface area contributed by atoms with E-state index in [0.29, 0.717) is 0 Å². The van der Waals surface area contributed by atoms with Gasteiger partial charge in [-0.3, -0.25) is 24.6 Å². The zero-order chi connectivity index (χ0) is 29.0. The van der Waals surface area contributed by atoms with E-state index in [1.807, 2.05) is 0 Å². The number of nitro groups is 1. The van der Waals surface area contributed by atoms with Crippen LogP contribution in [0.4, 0.5) is 5.69 Å². The molecule has 1 N–H and O–H groups in total. The molecule has 1 aliphatic carbocycles. The number of carbonyl (C=O) groups is 2. The molecule has 0 spiro atoms. The van der Waals surface area contributed by atoms with Gasteiger partial charge in [-0.25, -0.2) is 8.42 Å². The van der Waals surface area contributed by atoms with Gasteiger partial charge in [0.05, 0.1) is 15.9 Å². The van der Waals surface area contributed by atoms with Gasteiger partial charge in [0.1, 0.15) is 23.6 Å². The molecule has 3 rings (SSSR count). The van der Waals surface area contributed by atoms with Gasteiger partial charge in [-0.05, 0) is 59.7 Å². The number of nitrogens with zero attached hydrogens (tertiary/aromatic N) is 2. The lowest BCUT2D eigenvalue weighted by atomic mass is 9.77. The van der Waals surface area contributed by atoms with Gasteiger partial charge in [0, 0.05) is 12.1 Å². The van der Waals surface area contributed by atoms with Crippen molar-refractivity contribution in [1.82, 2.24) is 9.62 Å². The van der Waals surface area contributed by atoms with Crippen LogP contribution in [0.15, 0.2) is 29.2 Å². The van der Waals surface area contributed by atoms with Gasteiger partial charge >= 0.3 is 19.1 Å². The Labute approximate surface area is 229 Å². The summed E-state index contributed by atoms with van der Waals surface area (Å²) in [6.07, 6.45) is 5.14. The highest BCUT2D eigenvalue weighted by Gasteiger charge is 2.53. The first-order chi connectivity index (χ1) is 18.2. The Kier molecular flexibility index (Phi) is 9.43. The number of non-ortho nitro benzene ring substituents is 1. The molecular weight excluding hydrogens is 529 g/mol. The maximum atomic E-state index is 13.2. The van der Waals surface area contributed by atoms with Crippen molar-refractivity contribution >= 4 is 34.8 Å². The number of carbonyl (C=O) groups excluding carboxylic acids is 2. The molecule has 212 valence electrons. The van der Waals surface area contributed by atoms with E-state index in [1.165, 1.54) is 4.90 Å². The summed E-state index contributed by atoms with van der Waals surface area (Å²) in [5.41, 5.74) is -2.82. The number of nitro benzene ring substituents is 1. The molecule has 1 aromatic rings. The third-order valence-electron chi connectivity index (χ3n) is 7.24. The molecule has 0 radical (unpaired) electrons. The summed E-state index contributed by atoms with van der Waals surface area (Å²) in [5, 5.41) is 11.0. The van der Waals surface area contributed by atoms with Crippen molar-refractivity contribution in [2.24, 2.45) is 0 Å². The molecule has 1 aliphatic heterocycles. The smallest absolute Gasteiger partial charge is 0.496 e. The highest BCUT2D eigenvalue weighted by Crippen LogP contribution is 2.29. The standard InChI is InChI=1S/C25H34BN3O9S/c1-24(2)22(30)37-26(38-23(31)25(3,4)28(24)5)21(12-9-17-36-19-10-7-6-8-11-19)27-39(34,35)20-15-13-18(14-16-20)29(32)33/h13-16,19,21,27H,6-8,10-11,17H2,1-5H3. The van der Waals surface area contributed by atoms with Crippen molar-refractivity contribution in [3.63, 3.8) is 0 Å². The fourth-order valence-corrected chi connectivity index (χ4v) is 5.45. The largest absolute Gasteiger partial charge is 0.631 e. The molecule has 12 nitrogen and oxygen atoms in total. The minimum atomic E-state index is -4.34. The quantitative estimate of drug-likeness (QED) is 0.226. The maximum Gasteiger partial charge on any atom is 0.631 e. The van der Waals surface area contributed by atoms with E-state index < -0.39 is 51.0 Å². The van der Waals surface area contributed by atoms with Gasteiger partial charge in [0.2, 0.25) is 10.0 Å².